The molecule has 0 atom stereocenters. The number of ether oxygens (including phenoxy) is 1. The number of carboxylic acids is 1. The van der Waals surface area contributed by atoms with Gasteiger partial charge in [-0.3, -0.25) is 4.98 Å². The summed E-state index contributed by atoms with van der Waals surface area (Å²) < 4.78 is 40.0. The maximum absolute atomic E-state index is 12.1. The van der Waals surface area contributed by atoms with Crippen LogP contribution in [0.2, 0.25) is 0 Å². The normalized spacial score (nSPS) is 11.4. The third kappa shape index (κ3) is 3.06. The van der Waals surface area contributed by atoms with Gasteiger partial charge in [0, 0.05) is 18.3 Å². The van der Waals surface area contributed by atoms with Crippen molar-refractivity contribution in [3.8, 4) is 5.75 Å². The van der Waals surface area contributed by atoms with Crippen molar-refractivity contribution in [3.05, 3.63) is 23.0 Å². The van der Waals surface area contributed by atoms with Crippen molar-refractivity contribution >= 4 is 5.97 Å². The molecule has 0 unspecified atom stereocenters. The predicted octanol–water partition coefficient (Wildman–Crippen LogP) is 1.45. The number of aromatic nitrogens is 1. The molecule has 0 radical (unpaired) electrons. The number of aromatic carboxylic acids is 1. The zero-order valence-electron chi connectivity index (χ0n) is 8.71. The van der Waals surface area contributed by atoms with E-state index in [0.29, 0.717) is 0 Å². The number of hydrogen-bond donors (Lipinski definition) is 2. The van der Waals surface area contributed by atoms with Crippen LogP contribution in [0.1, 0.15) is 21.6 Å². The average Bonchev–Trinajstić information content (AvgIpc) is 2.18. The van der Waals surface area contributed by atoms with Crippen LogP contribution in [0.15, 0.2) is 6.20 Å². The second-order valence-corrected chi connectivity index (χ2v) is 3.13. The molecule has 1 heterocycles. The molecule has 0 spiro atoms. The van der Waals surface area contributed by atoms with E-state index in [9.17, 15) is 18.0 Å². The monoisotopic (exact) mass is 250 g/mol. The van der Waals surface area contributed by atoms with E-state index in [4.69, 9.17) is 10.8 Å². The summed E-state index contributed by atoms with van der Waals surface area (Å²) in [6.45, 7) is 0.969. The maximum Gasteiger partial charge on any atom is 0.573 e. The first kappa shape index (κ1) is 13.2. The Bertz CT molecular complexity index is 446. The SMILES string of the molecule is Cc1ncc(CN)c(C(=O)O)c1OC(F)(F)F. The molecule has 1 aromatic rings. The van der Waals surface area contributed by atoms with Crippen LogP contribution in [0, 0.1) is 6.92 Å². The summed E-state index contributed by atoms with van der Waals surface area (Å²) in [5, 5.41) is 8.87. The zero-order chi connectivity index (χ0) is 13.2. The van der Waals surface area contributed by atoms with Crippen LogP contribution in [0.3, 0.4) is 0 Å². The van der Waals surface area contributed by atoms with E-state index in [0.717, 1.165) is 6.20 Å². The smallest absolute Gasteiger partial charge is 0.478 e. The van der Waals surface area contributed by atoms with Crippen LogP contribution in [0.4, 0.5) is 13.2 Å². The van der Waals surface area contributed by atoms with Crippen molar-refractivity contribution in [3.63, 3.8) is 0 Å². The molecule has 0 aromatic carbocycles. The average molecular weight is 250 g/mol. The second kappa shape index (κ2) is 4.58. The summed E-state index contributed by atoms with van der Waals surface area (Å²) in [7, 11) is 0. The lowest BCUT2D eigenvalue weighted by Gasteiger charge is -2.15. The Morgan fingerprint density at radius 1 is 1.59 bits per heavy atom. The Hall–Kier alpha value is -1.83. The van der Waals surface area contributed by atoms with Crippen LogP contribution < -0.4 is 10.5 Å². The van der Waals surface area contributed by atoms with Gasteiger partial charge in [0.1, 0.15) is 5.56 Å². The molecular formula is C9H9F3N2O3. The fraction of sp³-hybridized carbons (Fsp3) is 0.333. The van der Waals surface area contributed by atoms with Gasteiger partial charge < -0.3 is 15.6 Å². The molecule has 3 N–H and O–H groups in total. The number of carboxylic acid groups (broad SMARTS) is 1. The van der Waals surface area contributed by atoms with E-state index in [1.807, 2.05) is 0 Å². The van der Waals surface area contributed by atoms with E-state index in [1.165, 1.54) is 6.92 Å². The third-order valence-corrected chi connectivity index (χ3v) is 1.94. The highest BCUT2D eigenvalue weighted by Gasteiger charge is 2.35. The number of halogens is 3. The second-order valence-electron chi connectivity index (χ2n) is 3.13. The van der Waals surface area contributed by atoms with Crippen LogP contribution in [-0.2, 0) is 6.54 Å². The quantitative estimate of drug-likeness (QED) is 0.847. The molecule has 94 valence electrons. The Balaban J connectivity index is 3.39. The van der Waals surface area contributed by atoms with Crippen molar-refractivity contribution in [2.24, 2.45) is 5.73 Å². The van der Waals surface area contributed by atoms with Crippen molar-refractivity contribution in [2.75, 3.05) is 0 Å². The van der Waals surface area contributed by atoms with Crippen LogP contribution >= 0.6 is 0 Å². The topological polar surface area (TPSA) is 85.4 Å². The van der Waals surface area contributed by atoms with Crippen molar-refractivity contribution < 1.29 is 27.8 Å². The lowest BCUT2D eigenvalue weighted by molar-refractivity contribution is -0.275. The van der Waals surface area contributed by atoms with Gasteiger partial charge in [0.15, 0.2) is 5.75 Å². The van der Waals surface area contributed by atoms with Gasteiger partial charge in [-0.2, -0.15) is 0 Å². The summed E-state index contributed by atoms with van der Waals surface area (Å²) >= 11 is 0. The first-order valence-electron chi connectivity index (χ1n) is 4.44. The molecule has 5 nitrogen and oxygen atoms in total. The van der Waals surface area contributed by atoms with Gasteiger partial charge in [-0.25, -0.2) is 4.79 Å². The molecule has 1 rings (SSSR count). The van der Waals surface area contributed by atoms with Gasteiger partial charge in [-0.05, 0) is 6.92 Å². The number of hydrogen-bond acceptors (Lipinski definition) is 4. The fourth-order valence-electron chi connectivity index (χ4n) is 1.25. The van der Waals surface area contributed by atoms with Gasteiger partial charge in [-0.15, -0.1) is 13.2 Å². The molecule has 0 bridgehead atoms. The van der Waals surface area contributed by atoms with Crippen LogP contribution in [-0.4, -0.2) is 22.4 Å². The first-order chi connectivity index (χ1) is 7.76. The summed E-state index contributed by atoms with van der Waals surface area (Å²) in [4.78, 5) is 14.5. The number of carbonyl (C=O) groups is 1. The van der Waals surface area contributed by atoms with E-state index in [1.54, 1.807) is 0 Å². The van der Waals surface area contributed by atoms with Gasteiger partial charge >= 0.3 is 12.3 Å². The van der Waals surface area contributed by atoms with Crippen molar-refractivity contribution in [1.82, 2.24) is 4.98 Å². The molecule has 0 fully saturated rings. The first-order valence-corrected chi connectivity index (χ1v) is 4.44. The maximum atomic E-state index is 12.1. The summed E-state index contributed by atoms with van der Waals surface area (Å²) in [6.07, 6.45) is -3.87. The molecule has 0 aliphatic heterocycles. The summed E-state index contributed by atoms with van der Waals surface area (Å²) in [6, 6.07) is 0. The number of pyridine rings is 1. The lowest BCUT2D eigenvalue weighted by Crippen LogP contribution is -2.21. The lowest BCUT2D eigenvalue weighted by atomic mass is 10.1. The minimum Gasteiger partial charge on any atom is -0.478 e. The molecule has 0 aliphatic rings. The van der Waals surface area contributed by atoms with E-state index in [-0.39, 0.29) is 17.8 Å². The minimum atomic E-state index is -4.98. The third-order valence-electron chi connectivity index (χ3n) is 1.94. The Morgan fingerprint density at radius 2 is 2.18 bits per heavy atom. The Labute approximate surface area is 94.0 Å². The standard InChI is InChI=1S/C9H9F3N2O3/c1-4-7(17-9(10,11)12)6(8(15)16)5(2-13)3-14-4/h3H,2,13H2,1H3,(H,15,16). The summed E-state index contributed by atoms with van der Waals surface area (Å²) in [5.74, 6) is -2.37. The molecule has 17 heavy (non-hydrogen) atoms. The Kier molecular flexibility index (Phi) is 3.56. The largest absolute Gasteiger partial charge is 0.573 e. The number of nitrogens with zero attached hydrogens (tertiary/aromatic N) is 1. The molecule has 0 saturated heterocycles. The minimum absolute atomic E-state index is 0.0256. The molecule has 0 saturated carbocycles. The molecule has 1 aromatic heterocycles. The number of nitrogens with two attached hydrogens (primary N) is 1. The van der Waals surface area contributed by atoms with Gasteiger partial charge in [-0.1, -0.05) is 0 Å². The van der Waals surface area contributed by atoms with E-state index in [2.05, 4.69) is 9.72 Å². The number of aryl methyl sites for hydroxylation is 1. The molecule has 0 aliphatic carbocycles. The zero-order valence-corrected chi connectivity index (χ0v) is 8.71. The predicted molar refractivity (Wildman–Crippen MR) is 50.5 cm³/mol. The van der Waals surface area contributed by atoms with E-state index >= 15 is 0 Å². The molecule has 8 heteroatoms. The number of rotatable bonds is 3. The summed E-state index contributed by atoms with van der Waals surface area (Å²) in [5.41, 5.74) is 4.42. The van der Waals surface area contributed by atoms with Gasteiger partial charge in [0.25, 0.3) is 0 Å². The van der Waals surface area contributed by atoms with Gasteiger partial charge in [0.2, 0.25) is 0 Å². The highest BCUT2D eigenvalue weighted by atomic mass is 19.4. The fourth-order valence-corrected chi connectivity index (χ4v) is 1.25. The highest BCUT2D eigenvalue weighted by Crippen LogP contribution is 2.30. The van der Waals surface area contributed by atoms with Crippen molar-refractivity contribution in [1.29, 1.82) is 0 Å². The molecular weight excluding hydrogens is 241 g/mol. The van der Waals surface area contributed by atoms with E-state index < -0.39 is 23.6 Å². The highest BCUT2D eigenvalue weighted by molar-refractivity contribution is 5.92. The van der Waals surface area contributed by atoms with Crippen molar-refractivity contribution in [2.45, 2.75) is 19.8 Å². The van der Waals surface area contributed by atoms with Gasteiger partial charge in [0.05, 0.1) is 5.69 Å². The van der Waals surface area contributed by atoms with Crippen LogP contribution in [0.5, 0.6) is 5.75 Å². The Morgan fingerprint density at radius 3 is 2.59 bits per heavy atom. The van der Waals surface area contributed by atoms with Crippen LogP contribution in [0.25, 0.3) is 0 Å². The molecule has 0 amide bonds. The number of alkyl halides is 3.